The van der Waals surface area contributed by atoms with Gasteiger partial charge in [-0.3, -0.25) is 0 Å². The molecule has 0 unspecified atom stereocenters. The van der Waals surface area contributed by atoms with Gasteiger partial charge in [0.1, 0.15) is 0 Å². The summed E-state index contributed by atoms with van der Waals surface area (Å²) in [7, 11) is -1.25. The first kappa shape index (κ1) is 32.6. The second-order valence-corrected chi connectivity index (χ2v) is 16.4. The van der Waals surface area contributed by atoms with Gasteiger partial charge in [0.05, 0.1) is 24.6 Å². The van der Waals surface area contributed by atoms with Gasteiger partial charge >= 0.3 is 0 Å². The molecule has 0 spiro atoms. The van der Waals surface area contributed by atoms with E-state index in [2.05, 4.69) is 97.9 Å². The third-order valence-electron chi connectivity index (χ3n) is 8.57. The van der Waals surface area contributed by atoms with E-state index in [1.165, 1.54) is 144 Å². The van der Waals surface area contributed by atoms with E-state index in [9.17, 15) is 0 Å². The van der Waals surface area contributed by atoms with Crippen molar-refractivity contribution in [1.82, 2.24) is 0 Å². The maximum absolute atomic E-state index is 2.36. The van der Waals surface area contributed by atoms with E-state index in [0.717, 1.165) is 0 Å². The van der Waals surface area contributed by atoms with Crippen molar-refractivity contribution >= 4 is 7.26 Å². The highest BCUT2D eigenvalue weighted by Gasteiger charge is 2.37. The molecule has 0 N–H and O–H groups in total. The van der Waals surface area contributed by atoms with Crippen LogP contribution in [0.1, 0.15) is 126 Å². The predicted molar refractivity (Wildman–Crippen MR) is 182 cm³/mol. The van der Waals surface area contributed by atoms with Crippen LogP contribution in [0.4, 0.5) is 0 Å². The Kier molecular flexibility index (Phi) is 17.0. The van der Waals surface area contributed by atoms with E-state index in [1.807, 2.05) is 0 Å². The molecule has 0 aliphatic rings. The monoisotopic (exact) mass is 557 g/mol. The number of hydrogen-bond acceptors (Lipinski definition) is 0. The molecule has 0 fully saturated rings. The fourth-order valence-electron chi connectivity index (χ4n) is 6.31. The molecule has 0 radical (unpaired) electrons. The topological polar surface area (TPSA) is 0 Å². The predicted octanol–water partition coefficient (Wildman–Crippen LogP) is 12.9. The van der Waals surface area contributed by atoms with Gasteiger partial charge in [0.15, 0.2) is 0 Å². The van der Waals surface area contributed by atoms with Crippen molar-refractivity contribution in [2.45, 2.75) is 128 Å². The van der Waals surface area contributed by atoms with Crippen LogP contribution in [0.15, 0.2) is 91.0 Å². The Hall–Kier alpha value is -1.91. The lowest BCUT2D eigenvalue weighted by molar-refractivity contribution is 0.531. The highest BCUT2D eigenvalue weighted by Crippen LogP contribution is 2.67. The highest BCUT2D eigenvalue weighted by molar-refractivity contribution is 7.73. The average Bonchev–Trinajstić information content (AvgIpc) is 2.98. The first-order chi connectivity index (χ1) is 19.8. The molecule has 0 aromatic heterocycles. The molecular formula is C39H58P+. The van der Waals surface area contributed by atoms with Crippen LogP contribution >= 0.6 is 7.26 Å². The van der Waals surface area contributed by atoms with Gasteiger partial charge in [-0.05, 0) is 29.5 Å². The second-order valence-electron chi connectivity index (χ2n) is 12.3. The van der Waals surface area contributed by atoms with E-state index in [1.54, 1.807) is 0 Å². The molecule has 0 heterocycles. The molecule has 0 bridgehead atoms. The molecule has 0 saturated carbocycles. The first-order valence-corrected chi connectivity index (χ1v) is 19.3. The van der Waals surface area contributed by atoms with Crippen molar-refractivity contribution in [3.05, 3.63) is 108 Å². The summed E-state index contributed by atoms with van der Waals surface area (Å²) in [5.74, 6) is 0. The Morgan fingerprint density at radius 1 is 0.350 bits per heavy atom. The number of hydrogen-bond donors (Lipinski definition) is 0. The van der Waals surface area contributed by atoms with Crippen molar-refractivity contribution in [2.24, 2.45) is 0 Å². The van der Waals surface area contributed by atoms with Crippen LogP contribution in [0.5, 0.6) is 0 Å². The normalized spacial score (nSPS) is 11.6. The Morgan fingerprint density at radius 3 is 0.925 bits per heavy atom. The Morgan fingerprint density at radius 2 is 0.625 bits per heavy atom. The number of rotatable bonds is 23. The van der Waals surface area contributed by atoms with E-state index in [4.69, 9.17) is 0 Å². The lowest BCUT2D eigenvalue weighted by atomic mass is 10.0. The molecule has 1 heteroatoms. The van der Waals surface area contributed by atoms with E-state index < -0.39 is 7.26 Å². The largest absolute Gasteiger partial charge is 0.0849 e. The molecule has 0 nitrogen and oxygen atoms in total. The van der Waals surface area contributed by atoms with Crippen LogP contribution in [0.25, 0.3) is 0 Å². The molecule has 3 aromatic carbocycles. The van der Waals surface area contributed by atoms with E-state index >= 15 is 0 Å². The summed E-state index contributed by atoms with van der Waals surface area (Å²) in [5.41, 5.74) is 4.58. The molecule has 0 amide bonds. The summed E-state index contributed by atoms with van der Waals surface area (Å²) in [5, 5.41) is 0. The van der Waals surface area contributed by atoms with Crippen LogP contribution in [-0.2, 0) is 18.5 Å². The molecule has 218 valence electrons. The molecule has 40 heavy (non-hydrogen) atoms. The molecule has 3 rings (SSSR count). The first-order valence-electron chi connectivity index (χ1n) is 16.8. The molecular weight excluding hydrogens is 499 g/mol. The summed E-state index contributed by atoms with van der Waals surface area (Å²) >= 11 is 0. The lowest BCUT2D eigenvalue weighted by Crippen LogP contribution is -2.09. The average molecular weight is 558 g/mol. The Labute approximate surface area is 248 Å². The van der Waals surface area contributed by atoms with Crippen LogP contribution in [0.3, 0.4) is 0 Å². The van der Waals surface area contributed by atoms with Crippen LogP contribution < -0.4 is 0 Å². The van der Waals surface area contributed by atoms with Gasteiger partial charge < -0.3 is 0 Å². The molecule has 0 saturated heterocycles. The summed E-state index contributed by atoms with van der Waals surface area (Å²) in [6.07, 6.45) is 28.2. The van der Waals surface area contributed by atoms with Crippen LogP contribution in [-0.4, -0.2) is 6.16 Å². The zero-order chi connectivity index (χ0) is 28.0. The highest BCUT2D eigenvalue weighted by atomic mass is 31.2. The van der Waals surface area contributed by atoms with Gasteiger partial charge in [-0.1, -0.05) is 188 Å². The van der Waals surface area contributed by atoms with Crippen molar-refractivity contribution in [3.63, 3.8) is 0 Å². The minimum absolute atomic E-state index is 1.25. The third kappa shape index (κ3) is 14.1. The maximum Gasteiger partial charge on any atom is 0.0849 e. The summed E-state index contributed by atoms with van der Waals surface area (Å²) in [4.78, 5) is 0. The van der Waals surface area contributed by atoms with Gasteiger partial charge in [0.2, 0.25) is 0 Å². The molecule has 0 aliphatic heterocycles. The van der Waals surface area contributed by atoms with Gasteiger partial charge in [-0.15, -0.1) is 0 Å². The van der Waals surface area contributed by atoms with Gasteiger partial charge in [0, 0.05) is 7.26 Å². The zero-order valence-electron chi connectivity index (χ0n) is 25.7. The summed E-state index contributed by atoms with van der Waals surface area (Å²) in [6, 6.07) is 34.0. The maximum atomic E-state index is 2.36. The van der Waals surface area contributed by atoms with Gasteiger partial charge in [0.25, 0.3) is 0 Å². The lowest BCUT2D eigenvalue weighted by Gasteiger charge is -2.29. The van der Waals surface area contributed by atoms with Crippen LogP contribution in [0.2, 0.25) is 0 Å². The minimum Gasteiger partial charge on any atom is -0.0654 e. The van der Waals surface area contributed by atoms with Gasteiger partial charge in [-0.25, -0.2) is 0 Å². The van der Waals surface area contributed by atoms with E-state index in [-0.39, 0.29) is 0 Å². The molecule has 0 atom stereocenters. The van der Waals surface area contributed by atoms with E-state index in [0.29, 0.717) is 0 Å². The zero-order valence-corrected chi connectivity index (χ0v) is 26.6. The molecule has 3 aromatic rings. The fourth-order valence-corrected chi connectivity index (χ4v) is 11.0. The van der Waals surface area contributed by atoms with Crippen LogP contribution in [0, 0.1) is 0 Å². The number of benzene rings is 3. The minimum atomic E-state index is -1.25. The SMILES string of the molecule is CCCCCCCCCCCCCCCCCC[P+](Cc1ccccc1)(Cc1ccccc1)Cc1ccccc1. The number of unbranched alkanes of at least 4 members (excludes halogenated alkanes) is 15. The summed E-state index contributed by atoms with van der Waals surface area (Å²) in [6.45, 7) is 2.30. The molecule has 0 aliphatic carbocycles. The quantitative estimate of drug-likeness (QED) is 0.0803. The van der Waals surface area contributed by atoms with Crippen molar-refractivity contribution in [2.75, 3.05) is 6.16 Å². The van der Waals surface area contributed by atoms with Gasteiger partial charge in [-0.2, -0.15) is 0 Å². The Balaban J connectivity index is 1.42. The van der Waals surface area contributed by atoms with Crippen molar-refractivity contribution in [3.8, 4) is 0 Å². The smallest absolute Gasteiger partial charge is 0.0654 e. The standard InChI is InChI=1S/C39H58P/c1-2-3-4-5-6-7-8-9-10-11-12-13-14-15-16-26-33-40(34-37-27-20-17-21-28-37,35-38-29-22-18-23-30-38)36-39-31-24-19-25-32-39/h17-25,27-32H,2-16,26,33-36H2,1H3/q+1. The fraction of sp³-hybridized carbons (Fsp3) is 0.538. The third-order valence-corrected chi connectivity index (χ3v) is 12.9. The second kappa shape index (κ2) is 20.9. The van der Waals surface area contributed by atoms with Crippen molar-refractivity contribution < 1.29 is 0 Å². The Bertz CT molecular complexity index is 864. The van der Waals surface area contributed by atoms with Crippen molar-refractivity contribution in [1.29, 1.82) is 0 Å². The summed E-state index contributed by atoms with van der Waals surface area (Å²) < 4.78 is 0.